The van der Waals surface area contributed by atoms with E-state index in [9.17, 15) is 26.3 Å². The first-order valence-corrected chi connectivity index (χ1v) is 12.4. The normalized spacial score (nSPS) is 12.0. The molecule has 0 saturated heterocycles. The Morgan fingerprint density at radius 3 is 1.76 bits per heavy atom. The largest absolute Gasteiger partial charge is 0.429 e. The number of unbranched alkanes of at least 4 members (excludes halogenated alkanes) is 3. The molecule has 0 spiro atoms. The molecular weight excluding hydrogens is 494 g/mol. The molecule has 200 valence electrons. The van der Waals surface area contributed by atoms with Gasteiger partial charge in [-0.15, -0.1) is 0 Å². The van der Waals surface area contributed by atoms with Gasteiger partial charge in [-0.25, -0.2) is 8.78 Å². The first-order chi connectivity index (χ1) is 17.6. The minimum absolute atomic E-state index is 0.00313. The fourth-order valence-electron chi connectivity index (χ4n) is 3.80. The minimum Gasteiger partial charge on any atom is -0.429 e. The maximum absolute atomic E-state index is 14.6. The van der Waals surface area contributed by atoms with Gasteiger partial charge in [0.2, 0.25) is 0 Å². The topological polar surface area (TPSA) is 18.5 Å². The van der Waals surface area contributed by atoms with Crippen molar-refractivity contribution in [2.45, 2.75) is 71.0 Å². The van der Waals surface area contributed by atoms with Crippen molar-refractivity contribution in [1.82, 2.24) is 0 Å². The molecule has 0 radical (unpaired) electrons. The van der Waals surface area contributed by atoms with E-state index in [1.54, 1.807) is 12.1 Å². The average Bonchev–Trinajstić information content (AvgIpc) is 2.86. The molecule has 37 heavy (non-hydrogen) atoms. The summed E-state index contributed by atoms with van der Waals surface area (Å²) in [7, 11) is 0. The zero-order valence-corrected chi connectivity index (χ0v) is 20.8. The summed E-state index contributed by atoms with van der Waals surface area (Å²) in [6.45, 7) is 3.96. The number of halogens is 6. The number of hydrogen-bond donors (Lipinski definition) is 0. The first-order valence-electron chi connectivity index (χ1n) is 12.4. The Balaban J connectivity index is 1.68. The van der Waals surface area contributed by atoms with Crippen molar-refractivity contribution in [3.05, 3.63) is 94.6 Å². The Morgan fingerprint density at radius 1 is 0.595 bits per heavy atom. The zero-order chi connectivity index (χ0) is 27.1. The summed E-state index contributed by atoms with van der Waals surface area (Å²) < 4.78 is 96.5. The Labute approximate surface area is 213 Å². The fourth-order valence-corrected chi connectivity index (χ4v) is 3.80. The molecule has 3 aromatic rings. The van der Waals surface area contributed by atoms with Crippen LogP contribution in [0.5, 0.6) is 11.5 Å². The van der Waals surface area contributed by atoms with Crippen molar-refractivity contribution in [1.29, 1.82) is 0 Å². The number of alkyl halides is 4. The highest BCUT2D eigenvalue weighted by Crippen LogP contribution is 2.37. The molecule has 0 unspecified atom stereocenters. The molecule has 3 rings (SSSR count). The van der Waals surface area contributed by atoms with Gasteiger partial charge in [0.05, 0.1) is 5.56 Å². The van der Waals surface area contributed by atoms with Gasteiger partial charge in [0.1, 0.15) is 17.1 Å². The molecule has 2 nitrogen and oxygen atoms in total. The lowest BCUT2D eigenvalue weighted by Crippen LogP contribution is -2.25. The van der Waals surface area contributed by atoms with E-state index in [4.69, 9.17) is 4.74 Å². The summed E-state index contributed by atoms with van der Waals surface area (Å²) in [4.78, 5) is 0. The Morgan fingerprint density at radius 2 is 1.16 bits per heavy atom. The lowest BCUT2D eigenvalue weighted by molar-refractivity contribution is -0.188. The maximum atomic E-state index is 14.6. The summed E-state index contributed by atoms with van der Waals surface area (Å²) in [6.07, 6.45) is -2.44. The molecule has 0 N–H and O–H groups in total. The molecule has 0 aliphatic rings. The van der Waals surface area contributed by atoms with Gasteiger partial charge in [0.25, 0.3) is 0 Å². The molecule has 0 aliphatic carbocycles. The molecule has 8 heteroatoms. The van der Waals surface area contributed by atoms with Crippen LogP contribution in [0.2, 0.25) is 0 Å². The highest BCUT2D eigenvalue weighted by Gasteiger charge is 2.40. The number of benzene rings is 3. The van der Waals surface area contributed by atoms with Crippen LogP contribution < -0.4 is 9.47 Å². The standard InChI is InChI=1S/C29H30F6O2/c1-3-5-7-8-20-10-15-23(16-11-20)36-28(32,33)22-13-17-24(18-14-22)37-29(34,35)25-19-12-21(9-6-4-2)26(30)27(25)31/h10-19H,3-9H2,1-2H3. The number of aryl methyl sites for hydroxylation is 2. The molecule has 0 aliphatic heterocycles. The second-order valence-corrected chi connectivity index (χ2v) is 8.87. The SMILES string of the molecule is CCCCCc1ccc(OC(F)(F)c2ccc(OC(F)(F)c3ccc(CCCC)c(F)c3F)cc2)cc1. The van der Waals surface area contributed by atoms with Gasteiger partial charge >= 0.3 is 12.2 Å². The van der Waals surface area contributed by atoms with Crippen molar-refractivity contribution in [3.8, 4) is 11.5 Å². The predicted molar refractivity (Wildman–Crippen MR) is 130 cm³/mol. The minimum atomic E-state index is -4.23. The van der Waals surface area contributed by atoms with Crippen LogP contribution in [0.1, 0.15) is 68.2 Å². The van der Waals surface area contributed by atoms with Crippen LogP contribution in [-0.2, 0) is 25.1 Å². The van der Waals surface area contributed by atoms with Gasteiger partial charge in [-0.05, 0) is 79.3 Å². The van der Waals surface area contributed by atoms with E-state index in [-0.39, 0.29) is 17.7 Å². The first kappa shape index (κ1) is 28.4. The van der Waals surface area contributed by atoms with E-state index in [0.29, 0.717) is 6.42 Å². The van der Waals surface area contributed by atoms with Crippen molar-refractivity contribution < 1.29 is 35.8 Å². The van der Waals surface area contributed by atoms with Gasteiger partial charge in [0.15, 0.2) is 11.6 Å². The third-order valence-electron chi connectivity index (χ3n) is 5.95. The number of ether oxygens (including phenoxy) is 2. The third kappa shape index (κ3) is 7.43. The van der Waals surface area contributed by atoms with Crippen molar-refractivity contribution >= 4 is 0 Å². The second-order valence-electron chi connectivity index (χ2n) is 8.87. The zero-order valence-electron chi connectivity index (χ0n) is 20.8. The van der Waals surface area contributed by atoms with Crippen LogP contribution in [0.15, 0.2) is 60.7 Å². The van der Waals surface area contributed by atoms with E-state index in [0.717, 1.165) is 74.1 Å². The molecule has 0 aromatic heterocycles. The Kier molecular flexibility index (Phi) is 9.51. The molecule has 0 heterocycles. The van der Waals surface area contributed by atoms with Crippen LogP contribution in [0.25, 0.3) is 0 Å². The van der Waals surface area contributed by atoms with E-state index >= 15 is 0 Å². The molecule has 0 amide bonds. The lowest BCUT2D eigenvalue weighted by Gasteiger charge is -2.21. The van der Waals surface area contributed by atoms with Crippen LogP contribution in [-0.4, -0.2) is 0 Å². The van der Waals surface area contributed by atoms with Gasteiger partial charge in [0, 0.05) is 0 Å². The van der Waals surface area contributed by atoms with E-state index < -0.39 is 40.7 Å². The maximum Gasteiger partial charge on any atom is 0.429 e. The van der Waals surface area contributed by atoms with Gasteiger partial charge in [-0.3, -0.25) is 0 Å². The van der Waals surface area contributed by atoms with E-state index in [1.807, 2.05) is 6.92 Å². The monoisotopic (exact) mass is 524 g/mol. The van der Waals surface area contributed by atoms with Crippen LogP contribution in [0, 0.1) is 11.6 Å². The number of hydrogen-bond acceptors (Lipinski definition) is 2. The fraction of sp³-hybridized carbons (Fsp3) is 0.379. The highest BCUT2D eigenvalue weighted by molar-refractivity contribution is 5.34. The van der Waals surface area contributed by atoms with Gasteiger partial charge in [-0.2, -0.15) is 17.6 Å². The third-order valence-corrected chi connectivity index (χ3v) is 5.95. The second kappa shape index (κ2) is 12.4. The van der Waals surface area contributed by atoms with Gasteiger partial charge in [-0.1, -0.05) is 51.3 Å². The smallest absolute Gasteiger partial charge is 0.429 e. The molecular formula is C29H30F6O2. The van der Waals surface area contributed by atoms with Crippen molar-refractivity contribution in [2.24, 2.45) is 0 Å². The summed E-state index contributed by atoms with van der Waals surface area (Å²) in [5.41, 5.74) is -0.857. The average molecular weight is 525 g/mol. The molecule has 0 bridgehead atoms. The molecule has 0 fully saturated rings. The Bertz CT molecular complexity index is 1140. The predicted octanol–water partition coefficient (Wildman–Crippen LogP) is 9.30. The van der Waals surface area contributed by atoms with Crippen LogP contribution in [0.3, 0.4) is 0 Å². The highest BCUT2D eigenvalue weighted by atomic mass is 19.3. The summed E-state index contributed by atoms with van der Waals surface area (Å²) in [5, 5.41) is 0. The quantitative estimate of drug-likeness (QED) is 0.164. The molecule has 0 saturated carbocycles. The van der Waals surface area contributed by atoms with Gasteiger partial charge < -0.3 is 9.47 Å². The van der Waals surface area contributed by atoms with Crippen molar-refractivity contribution in [2.75, 3.05) is 0 Å². The van der Waals surface area contributed by atoms with E-state index in [1.165, 1.54) is 12.1 Å². The molecule has 3 aromatic carbocycles. The summed E-state index contributed by atoms with van der Waals surface area (Å²) in [5.74, 6) is -3.60. The summed E-state index contributed by atoms with van der Waals surface area (Å²) in [6, 6.07) is 11.7. The Hall–Kier alpha value is -3.16. The van der Waals surface area contributed by atoms with Crippen molar-refractivity contribution in [3.63, 3.8) is 0 Å². The lowest BCUT2D eigenvalue weighted by atomic mass is 10.0. The molecule has 0 atom stereocenters. The van der Waals surface area contributed by atoms with E-state index in [2.05, 4.69) is 11.7 Å². The number of rotatable bonds is 13. The summed E-state index contributed by atoms with van der Waals surface area (Å²) >= 11 is 0. The van der Waals surface area contributed by atoms with Crippen LogP contribution in [0.4, 0.5) is 26.3 Å². The van der Waals surface area contributed by atoms with Crippen LogP contribution >= 0.6 is 0 Å².